The van der Waals surface area contributed by atoms with Crippen LogP contribution in [-0.2, 0) is 15.7 Å². The van der Waals surface area contributed by atoms with Crippen molar-refractivity contribution in [1.29, 1.82) is 0 Å². The van der Waals surface area contributed by atoms with E-state index in [-0.39, 0.29) is 63.0 Å². The first-order valence-corrected chi connectivity index (χ1v) is 14.3. The molecule has 2 bridgehead atoms. The van der Waals surface area contributed by atoms with Crippen molar-refractivity contribution in [1.82, 2.24) is 15.1 Å². The third kappa shape index (κ3) is 5.38. The number of hydrogen-bond donors (Lipinski definition) is 1. The summed E-state index contributed by atoms with van der Waals surface area (Å²) in [5.41, 5.74) is -1.78. The normalized spacial score (nSPS) is 21.2. The second kappa shape index (κ2) is 10.7. The molecule has 0 unspecified atom stereocenters. The van der Waals surface area contributed by atoms with Crippen LogP contribution in [0.4, 0.5) is 32.3 Å². The second-order valence-corrected chi connectivity index (χ2v) is 11.5. The Kier molecular flexibility index (Phi) is 6.93. The van der Waals surface area contributed by atoms with Gasteiger partial charge < -0.3 is 28.6 Å². The quantitative estimate of drug-likeness (QED) is 0.174. The molecule has 1 aliphatic heterocycles. The van der Waals surface area contributed by atoms with Gasteiger partial charge in [-0.1, -0.05) is 23.4 Å². The van der Waals surface area contributed by atoms with Crippen LogP contribution in [0.15, 0.2) is 40.9 Å². The zero-order chi connectivity index (χ0) is 32.5. The van der Waals surface area contributed by atoms with Gasteiger partial charge in [0.25, 0.3) is 0 Å². The Balaban J connectivity index is 1.13. The molecule has 0 amide bonds. The molecule has 4 aromatic rings. The highest BCUT2D eigenvalue weighted by Gasteiger charge is 2.49. The molecule has 1 saturated heterocycles. The third-order valence-corrected chi connectivity index (χ3v) is 8.55. The zero-order valence-corrected chi connectivity index (χ0v) is 23.9. The van der Waals surface area contributed by atoms with Gasteiger partial charge in [0.15, 0.2) is 11.5 Å². The number of nitrogens with zero attached hydrogens (tertiary/aromatic N) is 3. The standard InChI is InChI=1S/C30H24F6N4O6/c1-43-26(41)14-9-19-24(21(10-14)45-30(34,35)36)38-28(37-19)40-12-15-8-16(40)11-20(15)44-27(42)22-23(39-46-25(22)13-6-7-13)17-4-2-3-5-18(17)29(31,32)33/h2-5,9-10,13,15-16,20H,6-8,11-12H2,1H3,(H,37,38)/t15-,16-,20+/m0/s1. The summed E-state index contributed by atoms with van der Waals surface area (Å²) in [5.74, 6) is -2.27. The highest BCUT2D eigenvalue weighted by Crippen LogP contribution is 2.47. The van der Waals surface area contributed by atoms with Crippen molar-refractivity contribution in [2.24, 2.45) is 5.92 Å². The van der Waals surface area contributed by atoms with E-state index in [0.29, 0.717) is 32.2 Å². The molecule has 3 fully saturated rings. The number of carbonyl (C=O) groups is 2. The fraction of sp³-hybridized carbons (Fsp3) is 0.400. The summed E-state index contributed by atoms with van der Waals surface area (Å²) >= 11 is 0. The molecule has 0 radical (unpaired) electrons. The number of piperidine rings is 1. The summed E-state index contributed by atoms with van der Waals surface area (Å²) in [6.45, 7) is 0.324. The lowest BCUT2D eigenvalue weighted by Crippen LogP contribution is -2.40. The maximum absolute atomic E-state index is 13.8. The number of carbonyl (C=O) groups excluding carboxylic acids is 2. The lowest BCUT2D eigenvalue weighted by molar-refractivity contribution is -0.274. The molecular formula is C30H24F6N4O6. The van der Waals surface area contributed by atoms with Crippen molar-refractivity contribution >= 4 is 28.9 Å². The number of anilines is 1. The van der Waals surface area contributed by atoms with Crippen molar-refractivity contribution in [3.05, 3.63) is 58.8 Å². The largest absolute Gasteiger partial charge is 0.573 e. The molecule has 2 saturated carbocycles. The molecule has 16 heteroatoms. The summed E-state index contributed by atoms with van der Waals surface area (Å²) in [6.07, 6.45) is -8.01. The number of methoxy groups -OCH3 is 1. The summed E-state index contributed by atoms with van der Waals surface area (Å²) in [6, 6.07) is 6.80. The Labute approximate surface area is 255 Å². The Bertz CT molecular complexity index is 1850. The number of ether oxygens (including phenoxy) is 3. The number of halogens is 6. The Morgan fingerprint density at radius 2 is 1.80 bits per heavy atom. The highest BCUT2D eigenvalue weighted by molar-refractivity contribution is 5.98. The molecule has 7 rings (SSSR count). The number of alkyl halides is 6. The third-order valence-electron chi connectivity index (χ3n) is 8.55. The molecule has 2 aromatic carbocycles. The highest BCUT2D eigenvalue weighted by atomic mass is 19.4. The molecule has 46 heavy (non-hydrogen) atoms. The molecular weight excluding hydrogens is 626 g/mol. The average Bonchev–Trinajstić information content (AvgIpc) is 3.33. The van der Waals surface area contributed by atoms with Gasteiger partial charge in [0, 0.05) is 36.4 Å². The van der Waals surface area contributed by atoms with E-state index in [2.05, 4.69) is 24.6 Å². The molecule has 242 valence electrons. The summed E-state index contributed by atoms with van der Waals surface area (Å²) < 4.78 is 101. The van der Waals surface area contributed by atoms with Gasteiger partial charge in [-0.05, 0) is 37.5 Å². The smallest absolute Gasteiger partial charge is 0.465 e. The SMILES string of the molecule is COC(=O)c1cc(OC(F)(F)F)c2nc(N3C[C@@H]4C[C@H]3C[C@H]4OC(=O)c3c(-c4ccccc4C(F)(F)F)noc3C3CC3)[nH]c2c1. The monoisotopic (exact) mass is 650 g/mol. The van der Waals surface area contributed by atoms with Gasteiger partial charge in [-0.15, -0.1) is 13.2 Å². The molecule has 10 nitrogen and oxygen atoms in total. The van der Waals surface area contributed by atoms with Crippen LogP contribution in [-0.4, -0.2) is 59.2 Å². The lowest BCUT2D eigenvalue weighted by Gasteiger charge is -2.31. The van der Waals surface area contributed by atoms with Gasteiger partial charge in [-0.3, -0.25) is 0 Å². The Morgan fingerprint density at radius 3 is 2.46 bits per heavy atom. The van der Waals surface area contributed by atoms with Gasteiger partial charge >= 0.3 is 24.5 Å². The van der Waals surface area contributed by atoms with Crippen LogP contribution < -0.4 is 9.64 Å². The van der Waals surface area contributed by atoms with E-state index in [4.69, 9.17) is 9.26 Å². The molecule has 3 atom stereocenters. The number of H-pyrrole nitrogens is 1. The van der Waals surface area contributed by atoms with Crippen molar-refractivity contribution in [3.8, 4) is 17.0 Å². The van der Waals surface area contributed by atoms with Crippen LogP contribution in [0, 0.1) is 5.92 Å². The fourth-order valence-corrected chi connectivity index (χ4v) is 6.40. The van der Waals surface area contributed by atoms with E-state index in [1.165, 1.54) is 24.3 Å². The number of imidazole rings is 1. The van der Waals surface area contributed by atoms with Crippen LogP contribution in [0.3, 0.4) is 0 Å². The number of fused-ring (bicyclic) bond motifs is 3. The molecule has 2 aromatic heterocycles. The number of nitrogens with one attached hydrogen (secondary N) is 1. The van der Waals surface area contributed by atoms with Crippen molar-refractivity contribution in [2.45, 2.75) is 56.3 Å². The van der Waals surface area contributed by atoms with Crippen LogP contribution in [0.5, 0.6) is 5.75 Å². The second-order valence-electron chi connectivity index (χ2n) is 11.5. The predicted octanol–water partition coefficient (Wildman–Crippen LogP) is 6.62. The zero-order valence-electron chi connectivity index (χ0n) is 23.9. The average molecular weight is 651 g/mol. The van der Waals surface area contributed by atoms with Crippen molar-refractivity contribution < 1.29 is 54.7 Å². The molecule has 2 aliphatic carbocycles. The first-order valence-electron chi connectivity index (χ1n) is 14.3. The van der Waals surface area contributed by atoms with E-state index in [0.717, 1.165) is 19.2 Å². The van der Waals surface area contributed by atoms with Gasteiger partial charge in [0.05, 0.1) is 23.8 Å². The molecule has 3 aliphatic rings. The first-order chi connectivity index (χ1) is 21.8. The van der Waals surface area contributed by atoms with Gasteiger partial charge in [0.1, 0.15) is 22.9 Å². The van der Waals surface area contributed by atoms with Crippen LogP contribution >= 0.6 is 0 Å². The van der Waals surface area contributed by atoms with Crippen LogP contribution in [0.1, 0.15) is 63.6 Å². The number of aromatic nitrogens is 3. The minimum Gasteiger partial charge on any atom is -0.465 e. The fourth-order valence-electron chi connectivity index (χ4n) is 6.40. The van der Waals surface area contributed by atoms with E-state index >= 15 is 0 Å². The minimum absolute atomic E-state index is 0.116. The predicted molar refractivity (Wildman–Crippen MR) is 146 cm³/mol. The topological polar surface area (TPSA) is 120 Å². The van der Waals surface area contributed by atoms with Gasteiger partial charge in [0.2, 0.25) is 5.95 Å². The van der Waals surface area contributed by atoms with Crippen LogP contribution in [0.2, 0.25) is 0 Å². The van der Waals surface area contributed by atoms with Gasteiger partial charge in [-0.25, -0.2) is 14.6 Å². The Morgan fingerprint density at radius 1 is 1.04 bits per heavy atom. The lowest BCUT2D eigenvalue weighted by atomic mass is 9.99. The van der Waals surface area contributed by atoms with E-state index in [1.807, 2.05) is 4.90 Å². The van der Waals surface area contributed by atoms with Gasteiger partial charge in [-0.2, -0.15) is 13.2 Å². The molecule has 3 heterocycles. The van der Waals surface area contributed by atoms with Crippen molar-refractivity contribution in [2.75, 3.05) is 18.6 Å². The first kappa shape index (κ1) is 29.9. The number of aromatic amines is 1. The minimum atomic E-state index is -5.04. The van der Waals surface area contributed by atoms with E-state index in [1.54, 1.807) is 0 Å². The Hall–Kier alpha value is -4.76. The van der Waals surface area contributed by atoms with Crippen LogP contribution in [0.25, 0.3) is 22.3 Å². The number of esters is 2. The molecule has 1 N–H and O–H groups in total. The maximum atomic E-state index is 13.8. The van der Waals surface area contributed by atoms with Crippen molar-refractivity contribution in [3.63, 3.8) is 0 Å². The van der Waals surface area contributed by atoms with E-state index < -0.39 is 41.9 Å². The summed E-state index contributed by atoms with van der Waals surface area (Å²) in [7, 11) is 1.09. The number of hydrogen-bond acceptors (Lipinski definition) is 9. The summed E-state index contributed by atoms with van der Waals surface area (Å²) in [5, 5.41) is 3.88. The number of benzene rings is 2. The molecule has 0 spiro atoms. The summed E-state index contributed by atoms with van der Waals surface area (Å²) in [4.78, 5) is 34.8. The maximum Gasteiger partial charge on any atom is 0.573 e. The van der Waals surface area contributed by atoms with E-state index in [9.17, 15) is 35.9 Å². The number of rotatable bonds is 7.